The molecule has 1 atom stereocenters. The van der Waals surface area contributed by atoms with Crippen LogP contribution < -0.4 is 0 Å². The third-order valence-electron chi connectivity index (χ3n) is 3.79. The second-order valence-corrected chi connectivity index (χ2v) is 5.33. The van der Waals surface area contributed by atoms with E-state index in [2.05, 4.69) is 98.0 Å². The first-order chi connectivity index (χ1) is 10.8. The summed E-state index contributed by atoms with van der Waals surface area (Å²) in [5.74, 6) is 0. The van der Waals surface area contributed by atoms with E-state index in [0.29, 0.717) is 0 Å². The third kappa shape index (κ3) is 4.56. The monoisotopic (exact) mass is 304 g/mol. The lowest BCUT2D eigenvalue weighted by atomic mass is 9.80. The largest absolute Gasteiger partial charge is 0.0776 e. The van der Waals surface area contributed by atoms with E-state index in [1.807, 2.05) is 13.8 Å². The van der Waals surface area contributed by atoms with Gasteiger partial charge in [-0.05, 0) is 23.6 Å². The molecule has 23 heavy (non-hydrogen) atoms. The van der Waals surface area contributed by atoms with Crippen LogP contribution in [0.15, 0.2) is 91.0 Å². The Kier molecular flexibility index (Phi) is 7.28. The normalized spacial score (nSPS) is 18.8. The van der Waals surface area contributed by atoms with Gasteiger partial charge in [0.25, 0.3) is 0 Å². The maximum Gasteiger partial charge on any atom is 0.0295 e. The molecule has 0 nitrogen and oxygen atoms in total. The van der Waals surface area contributed by atoms with E-state index < -0.39 is 0 Å². The highest BCUT2D eigenvalue weighted by Gasteiger charge is 2.22. The molecular weight excluding hydrogens is 276 g/mol. The lowest BCUT2D eigenvalue weighted by molar-refractivity contribution is 0.761. The Balaban J connectivity index is 0.000000849. The zero-order valence-corrected chi connectivity index (χ0v) is 13.7. The second-order valence-electron chi connectivity index (χ2n) is 5.33. The molecule has 3 rings (SSSR count). The number of rotatable bonds is 2. The van der Waals surface area contributed by atoms with Crippen LogP contribution >= 0.6 is 0 Å². The summed E-state index contributed by atoms with van der Waals surface area (Å²) in [5.41, 5.74) is 3.76. The lowest BCUT2D eigenvalue weighted by Crippen LogP contribution is -2.15. The van der Waals surface area contributed by atoms with Crippen molar-refractivity contribution in [3.63, 3.8) is 0 Å². The van der Waals surface area contributed by atoms with E-state index in [0.717, 1.165) is 0 Å². The van der Waals surface area contributed by atoms with E-state index >= 15 is 0 Å². The van der Waals surface area contributed by atoms with Crippen molar-refractivity contribution < 1.29 is 0 Å². The maximum absolute atomic E-state index is 2.34. The Morgan fingerprint density at radius 3 is 1.91 bits per heavy atom. The van der Waals surface area contributed by atoms with Gasteiger partial charge in [-0.25, -0.2) is 0 Å². The van der Waals surface area contributed by atoms with E-state index in [1.165, 1.54) is 16.7 Å². The fraction of sp³-hybridized carbons (Fsp3) is 0.217. The molecule has 0 radical (unpaired) electrons. The number of hydrogen-bond acceptors (Lipinski definition) is 0. The van der Waals surface area contributed by atoms with Crippen LogP contribution in [0.3, 0.4) is 0 Å². The van der Waals surface area contributed by atoms with Crippen molar-refractivity contribution in [2.75, 3.05) is 0 Å². The average Bonchev–Trinajstić information content (AvgIpc) is 2.81. The fourth-order valence-electron chi connectivity index (χ4n) is 2.62. The molecule has 1 aliphatic carbocycles. The fourth-order valence-corrected chi connectivity index (χ4v) is 2.62. The van der Waals surface area contributed by atoms with Crippen molar-refractivity contribution in [2.45, 2.75) is 33.6 Å². The summed E-state index contributed by atoms with van der Waals surface area (Å²) in [7, 11) is 0. The minimum atomic E-state index is -0.0735. The van der Waals surface area contributed by atoms with Crippen molar-refractivity contribution in [1.29, 1.82) is 0 Å². The van der Waals surface area contributed by atoms with Gasteiger partial charge in [0.1, 0.15) is 0 Å². The highest BCUT2D eigenvalue weighted by atomic mass is 14.2. The van der Waals surface area contributed by atoms with Crippen LogP contribution in [0.2, 0.25) is 0 Å². The molecule has 1 unspecified atom stereocenters. The molecule has 1 aliphatic rings. The minimum Gasteiger partial charge on any atom is -0.0776 e. The van der Waals surface area contributed by atoms with Crippen molar-refractivity contribution >= 4 is 5.57 Å². The van der Waals surface area contributed by atoms with Crippen LogP contribution in [0.5, 0.6) is 0 Å². The summed E-state index contributed by atoms with van der Waals surface area (Å²) >= 11 is 0. The van der Waals surface area contributed by atoms with E-state index in [9.17, 15) is 0 Å². The zero-order chi connectivity index (χ0) is 15.8. The Morgan fingerprint density at radius 1 is 0.739 bits per heavy atom. The van der Waals surface area contributed by atoms with Gasteiger partial charge >= 0.3 is 0 Å². The third-order valence-corrected chi connectivity index (χ3v) is 3.79. The molecule has 2 aromatic rings. The summed E-state index contributed by atoms with van der Waals surface area (Å²) < 4.78 is 0. The van der Waals surface area contributed by atoms with Crippen LogP contribution in [-0.2, 0) is 5.41 Å². The van der Waals surface area contributed by atoms with Crippen LogP contribution in [0.4, 0.5) is 0 Å². The first-order valence-corrected chi connectivity index (χ1v) is 7.98. The molecule has 2 aromatic carbocycles. The first kappa shape index (κ1) is 18.7. The van der Waals surface area contributed by atoms with E-state index in [1.54, 1.807) is 0 Å². The first-order valence-electron chi connectivity index (χ1n) is 7.98. The molecule has 0 saturated carbocycles. The highest BCUT2D eigenvalue weighted by molar-refractivity contribution is 5.76. The molecule has 0 aliphatic heterocycles. The predicted molar refractivity (Wildman–Crippen MR) is 105 cm³/mol. The smallest absolute Gasteiger partial charge is 0.0295 e. The van der Waals surface area contributed by atoms with Gasteiger partial charge in [-0.1, -0.05) is 112 Å². The Hall–Kier alpha value is -2.34. The van der Waals surface area contributed by atoms with Gasteiger partial charge in [0, 0.05) is 5.41 Å². The van der Waals surface area contributed by atoms with Crippen molar-refractivity contribution in [1.82, 2.24) is 0 Å². The van der Waals surface area contributed by atoms with Crippen molar-refractivity contribution in [2.24, 2.45) is 0 Å². The number of benzene rings is 2. The molecule has 120 valence electrons. The van der Waals surface area contributed by atoms with Crippen molar-refractivity contribution in [3.8, 4) is 0 Å². The maximum atomic E-state index is 2.34. The second kappa shape index (κ2) is 8.95. The average molecular weight is 304 g/mol. The molecular formula is C23H28. The van der Waals surface area contributed by atoms with E-state index in [-0.39, 0.29) is 12.8 Å². The Bertz CT molecular complexity index is 660. The number of hydrogen-bond donors (Lipinski definition) is 0. The van der Waals surface area contributed by atoms with Gasteiger partial charge in [0.2, 0.25) is 0 Å². The Morgan fingerprint density at radius 2 is 1.30 bits per heavy atom. The van der Waals surface area contributed by atoms with Gasteiger partial charge in [-0.2, -0.15) is 0 Å². The molecule has 0 bridgehead atoms. The van der Waals surface area contributed by atoms with Gasteiger partial charge in [-0.15, -0.1) is 0 Å². The summed E-state index contributed by atoms with van der Waals surface area (Å²) in [6.07, 6.45) is 11.0. The summed E-state index contributed by atoms with van der Waals surface area (Å²) in [5, 5.41) is 0. The summed E-state index contributed by atoms with van der Waals surface area (Å²) in [6, 6.07) is 21.2. The van der Waals surface area contributed by atoms with Crippen LogP contribution in [0, 0.1) is 0 Å². The van der Waals surface area contributed by atoms with Gasteiger partial charge in [0.15, 0.2) is 0 Å². The Labute approximate surface area is 141 Å². The van der Waals surface area contributed by atoms with Gasteiger partial charge < -0.3 is 0 Å². The molecule has 0 heteroatoms. The molecule has 0 N–H and O–H groups in total. The van der Waals surface area contributed by atoms with Crippen molar-refractivity contribution in [3.05, 3.63) is 102 Å². The minimum absolute atomic E-state index is 0. The van der Waals surface area contributed by atoms with Crippen LogP contribution in [0.25, 0.3) is 5.57 Å². The molecule has 0 saturated heterocycles. The van der Waals surface area contributed by atoms with Crippen LogP contribution in [-0.4, -0.2) is 0 Å². The molecule has 0 spiro atoms. The zero-order valence-electron chi connectivity index (χ0n) is 13.7. The predicted octanol–water partition coefficient (Wildman–Crippen LogP) is 6.82. The standard InChI is InChI=1S/C20H18.C2H6.CH4/c1-20(19-13-6-3-7-14-19)15-9-8-12-18(16-20)17-10-4-2-5-11-17;1-2;/h2-16H,1H3;1-2H3;1H4. The summed E-state index contributed by atoms with van der Waals surface area (Å²) in [6.45, 7) is 6.26. The SMILES string of the molecule is C.CC.CC1(c2ccccc2)C=CC=CC(c2ccccc2)=C1. The van der Waals surface area contributed by atoms with E-state index in [4.69, 9.17) is 0 Å². The van der Waals surface area contributed by atoms with Gasteiger partial charge in [0.05, 0.1) is 0 Å². The molecule has 0 amide bonds. The topological polar surface area (TPSA) is 0 Å². The van der Waals surface area contributed by atoms with Crippen LogP contribution in [0.1, 0.15) is 39.3 Å². The lowest BCUT2D eigenvalue weighted by Gasteiger charge is -2.23. The molecule has 0 fully saturated rings. The molecule has 0 aromatic heterocycles. The molecule has 0 heterocycles. The number of allylic oxidation sites excluding steroid dienone is 6. The summed E-state index contributed by atoms with van der Waals surface area (Å²) in [4.78, 5) is 0. The van der Waals surface area contributed by atoms with Gasteiger partial charge in [-0.3, -0.25) is 0 Å². The highest BCUT2D eigenvalue weighted by Crippen LogP contribution is 2.33. The quantitative estimate of drug-likeness (QED) is 0.571.